The maximum absolute atomic E-state index is 10.9. The van der Waals surface area contributed by atoms with Gasteiger partial charge < -0.3 is 15.0 Å². The molecule has 1 atom stereocenters. The Labute approximate surface area is 85.6 Å². The van der Waals surface area contributed by atoms with Gasteiger partial charge in [-0.1, -0.05) is 0 Å². The molecule has 82 valence electrons. The first-order valence-electron chi connectivity index (χ1n) is 5.21. The first-order valence-corrected chi connectivity index (χ1v) is 5.21. The number of nitrogens with zero attached hydrogens (tertiary/aromatic N) is 1. The Kier molecular flexibility index (Phi) is 4.90. The lowest BCUT2D eigenvalue weighted by Crippen LogP contribution is -2.36. The number of hydrogen-bond donors (Lipinski definition) is 1. The van der Waals surface area contributed by atoms with Crippen LogP contribution in [0.25, 0.3) is 0 Å². The van der Waals surface area contributed by atoms with E-state index in [4.69, 9.17) is 0 Å². The molecule has 0 aromatic rings. The summed E-state index contributed by atoms with van der Waals surface area (Å²) in [6.45, 7) is 2.94. The number of nitrogens with one attached hydrogen (secondary N) is 1. The third kappa shape index (κ3) is 4.07. The number of likely N-dealkylation sites (N-methyl/N-ethyl adjacent to an activating group) is 1. The molecule has 1 aliphatic heterocycles. The minimum atomic E-state index is -0.128. The van der Waals surface area contributed by atoms with Gasteiger partial charge in [-0.25, -0.2) is 0 Å². The topological polar surface area (TPSA) is 41.6 Å². The predicted molar refractivity (Wildman–Crippen MR) is 55.2 cm³/mol. The summed E-state index contributed by atoms with van der Waals surface area (Å²) in [5, 5.41) is 3.43. The lowest BCUT2D eigenvalue weighted by atomic mass is 10.2. The van der Waals surface area contributed by atoms with E-state index in [0.29, 0.717) is 12.5 Å². The number of rotatable bonds is 5. The maximum atomic E-state index is 10.9. The fraction of sp³-hybridized carbons (Fsp3) is 0.900. The zero-order valence-electron chi connectivity index (χ0n) is 9.08. The van der Waals surface area contributed by atoms with Crippen molar-refractivity contribution in [2.45, 2.75) is 25.3 Å². The summed E-state index contributed by atoms with van der Waals surface area (Å²) in [5.41, 5.74) is 0. The van der Waals surface area contributed by atoms with Crippen molar-refractivity contribution in [2.24, 2.45) is 0 Å². The van der Waals surface area contributed by atoms with Crippen molar-refractivity contribution < 1.29 is 9.53 Å². The fourth-order valence-corrected chi connectivity index (χ4v) is 1.76. The second kappa shape index (κ2) is 5.98. The zero-order valence-corrected chi connectivity index (χ0v) is 9.08. The highest BCUT2D eigenvalue weighted by Crippen LogP contribution is 2.06. The van der Waals surface area contributed by atoms with E-state index >= 15 is 0 Å². The van der Waals surface area contributed by atoms with E-state index in [2.05, 4.69) is 15.0 Å². The largest absolute Gasteiger partial charge is 0.469 e. The molecule has 1 saturated heterocycles. The number of ether oxygens (including phenoxy) is 1. The van der Waals surface area contributed by atoms with E-state index in [9.17, 15) is 4.79 Å². The molecule has 0 aliphatic carbocycles. The minimum Gasteiger partial charge on any atom is -0.469 e. The Morgan fingerprint density at radius 1 is 1.64 bits per heavy atom. The van der Waals surface area contributed by atoms with Crippen LogP contribution in [-0.2, 0) is 9.53 Å². The van der Waals surface area contributed by atoms with Gasteiger partial charge in [-0.15, -0.1) is 0 Å². The van der Waals surface area contributed by atoms with Crippen LogP contribution in [-0.4, -0.2) is 50.7 Å². The quantitative estimate of drug-likeness (QED) is 0.645. The summed E-state index contributed by atoms with van der Waals surface area (Å²) in [6.07, 6.45) is 3.01. The average molecular weight is 200 g/mol. The van der Waals surface area contributed by atoms with E-state index in [-0.39, 0.29) is 5.97 Å². The van der Waals surface area contributed by atoms with Crippen molar-refractivity contribution in [3.05, 3.63) is 0 Å². The van der Waals surface area contributed by atoms with Crippen molar-refractivity contribution in [1.82, 2.24) is 10.2 Å². The Morgan fingerprint density at radius 3 is 3.00 bits per heavy atom. The summed E-state index contributed by atoms with van der Waals surface area (Å²) in [4.78, 5) is 13.1. The Balaban J connectivity index is 2.08. The molecule has 0 amide bonds. The molecule has 4 nitrogen and oxygen atoms in total. The number of methoxy groups -OCH3 is 1. The molecule has 0 spiro atoms. The van der Waals surface area contributed by atoms with E-state index in [1.165, 1.54) is 20.0 Å². The minimum absolute atomic E-state index is 0.128. The summed E-state index contributed by atoms with van der Waals surface area (Å²) < 4.78 is 4.59. The molecular formula is C10H20N2O2. The lowest BCUT2D eigenvalue weighted by molar-refractivity contribution is -0.140. The van der Waals surface area contributed by atoms with Crippen molar-refractivity contribution in [2.75, 3.05) is 33.8 Å². The van der Waals surface area contributed by atoms with E-state index in [1.54, 1.807) is 0 Å². The highest BCUT2D eigenvalue weighted by atomic mass is 16.5. The lowest BCUT2D eigenvalue weighted by Gasteiger charge is -2.20. The zero-order chi connectivity index (χ0) is 10.4. The van der Waals surface area contributed by atoms with Crippen molar-refractivity contribution >= 4 is 5.97 Å². The first kappa shape index (κ1) is 11.5. The number of carbonyl (C=O) groups is 1. The molecule has 1 fully saturated rings. The first-order chi connectivity index (χ1) is 6.72. The molecule has 0 aromatic carbocycles. The van der Waals surface area contributed by atoms with Gasteiger partial charge in [0, 0.05) is 19.1 Å². The van der Waals surface area contributed by atoms with Crippen molar-refractivity contribution in [3.8, 4) is 0 Å². The molecule has 1 rings (SSSR count). The van der Waals surface area contributed by atoms with Crippen LogP contribution in [0.1, 0.15) is 19.3 Å². The molecule has 1 N–H and O–H groups in total. The summed E-state index contributed by atoms with van der Waals surface area (Å²) in [7, 11) is 3.48. The fourth-order valence-electron chi connectivity index (χ4n) is 1.76. The molecule has 0 saturated carbocycles. The van der Waals surface area contributed by atoms with Gasteiger partial charge in [-0.3, -0.25) is 4.79 Å². The predicted octanol–water partition coefficient (Wildman–Crippen LogP) is 0.233. The highest BCUT2D eigenvalue weighted by Gasteiger charge is 2.15. The van der Waals surface area contributed by atoms with Crippen molar-refractivity contribution in [1.29, 1.82) is 0 Å². The van der Waals surface area contributed by atoms with Gasteiger partial charge in [0.25, 0.3) is 0 Å². The molecule has 14 heavy (non-hydrogen) atoms. The van der Waals surface area contributed by atoms with Crippen LogP contribution in [0.3, 0.4) is 0 Å². The van der Waals surface area contributed by atoms with Gasteiger partial charge in [0.05, 0.1) is 13.5 Å². The van der Waals surface area contributed by atoms with Crippen LogP contribution in [0, 0.1) is 0 Å². The Morgan fingerprint density at radius 2 is 2.43 bits per heavy atom. The van der Waals surface area contributed by atoms with Gasteiger partial charge in [-0.05, 0) is 26.4 Å². The van der Waals surface area contributed by atoms with Crippen LogP contribution in [0.15, 0.2) is 0 Å². The van der Waals surface area contributed by atoms with E-state index in [1.807, 2.05) is 7.05 Å². The van der Waals surface area contributed by atoms with Crippen LogP contribution in [0.5, 0.6) is 0 Å². The maximum Gasteiger partial charge on any atom is 0.306 e. The monoisotopic (exact) mass is 200 g/mol. The van der Waals surface area contributed by atoms with Gasteiger partial charge in [-0.2, -0.15) is 0 Å². The second-order valence-corrected chi connectivity index (χ2v) is 3.88. The van der Waals surface area contributed by atoms with E-state index < -0.39 is 0 Å². The normalized spacial score (nSPS) is 21.5. The molecule has 1 aliphatic rings. The summed E-state index contributed by atoms with van der Waals surface area (Å²) >= 11 is 0. The molecule has 1 unspecified atom stereocenters. The van der Waals surface area contributed by atoms with Gasteiger partial charge in [0.2, 0.25) is 0 Å². The smallest absolute Gasteiger partial charge is 0.306 e. The van der Waals surface area contributed by atoms with Crippen LogP contribution in [0.4, 0.5) is 0 Å². The van der Waals surface area contributed by atoms with Crippen LogP contribution < -0.4 is 5.32 Å². The Bertz CT molecular complexity index is 179. The second-order valence-electron chi connectivity index (χ2n) is 3.88. The number of esters is 1. The molecular weight excluding hydrogens is 180 g/mol. The molecule has 1 heterocycles. The number of carbonyl (C=O) groups excluding carboxylic acids is 1. The average Bonchev–Trinajstić information content (AvgIpc) is 2.66. The molecule has 4 heteroatoms. The standard InChI is InChI=1S/C10H20N2O2/c1-12(7-5-10(13)14-2)8-9-4-3-6-11-9/h9,11H,3-8H2,1-2H3. The molecule has 0 radical (unpaired) electrons. The molecule has 0 aromatic heterocycles. The Hall–Kier alpha value is -0.610. The summed E-state index contributed by atoms with van der Waals surface area (Å²) in [5.74, 6) is -0.128. The van der Waals surface area contributed by atoms with Crippen molar-refractivity contribution in [3.63, 3.8) is 0 Å². The van der Waals surface area contributed by atoms with Crippen LogP contribution in [0.2, 0.25) is 0 Å². The van der Waals surface area contributed by atoms with Crippen LogP contribution >= 0.6 is 0 Å². The van der Waals surface area contributed by atoms with E-state index in [0.717, 1.165) is 19.6 Å². The molecule has 0 bridgehead atoms. The van der Waals surface area contributed by atoms with Gasteiger partial charge in [0.1, 0.15) is 0 Å². The summed E-state index contributed by atoms with van der Waals surface area (Å²) in [6, 6.07) is 0.609. The third-order valence-corrected chi connectivity index (χ3v) is 2.62. The third-order valence-electron chi connectivity index (χ3n) is 2.62. The SMILES string of the molecule is COC(=O)CCN(C)CC1CCCN1. The number of hydrogen-bond acceptors (Lipinski definition) is 4. The highest BCUT2D eigenvalue weighted by molar-refractivity contribution is 5.69. The van der Waals surface area contributed by atoms with Gasteiger partial charge in [0.15, 0.2) is 0 Å². The van der Waals surface area contributed by atoms with Gasteiger partial charge >= 0.3 is 5.97 Å².